The molecule has 0 fully saturated rings. The fourth-order valence-corrected chi connectivity index (χ4v) is 4.31. The van der Waals surface area contributed by atoms with E-state index < -0.39 is 0 Å². The van der Waals surface area contributed by atoms with Crippen molar-refractivity contribution in [1.29, 1.82) is 0 Å². The van der Waals surface area contributed by atoms with Gasteiger partial charge in [0.05, 0.1) is 22.0 Å². The third kappa shape index (κ3) is 3.31. The number of pyridine rings is 1. The van der Waals surface area contributed by atoms with Gasteiger partial charge in [-0.3, -0.25) is 0 Å². The second-order valence-electron chi connectivity index (χ2n) is 7.30. The van der Waals surface area contributed by atoms with Crippen LogP contribution in [0.3, 0.4) is 0 Å². The Morgan fingerprint density at radius 1 is 1.07 bits per heavy atom. The SMILES string of the molecule is CCN(CC)CCCNc1c2ccc(Cl)cc2[n+](C)c2c1[nH]c1ccccc12. The number of aromatic amines is 1. The lowest BCUT2D eigenvalue weighted by atomic mass is 10.1. The van der Waals surface area contributed by atoms with Crippen LogP contribution in [0, 0.1) is 0 Å². The molecule has 0 amide bonds. The van der Waals surface area contributed by atoms with Gasteiger partial charge in [-0.2, -0.15) is 4.57 Å². The van der Waals surface area contributed by atoms with Gasteiger partial charge in [-0.05, 0) is 50.3 Å². The lowest BCUT2D eigenvalue weighted by Gasteiger charge is -2.18. The Morgan fingerprint density at radius 2 is 1.86 bits per heavy atom. The predicted molar refractivity (Wildman–Crippen MR) is 120 cm³/mol. The number of fused-ring (bicyclic) bond motifs is 4. The van der Waals surface area contributed by atoms with Crippen LogP contribution in [0.1, 0.15) is 20.3 Å². The van der Waals surface area contributed by atoms with E-state index in [-0.39, 0.29) is 0 Å². The van der Waals surface area contributed by atoms with Crippen molar-refractivity contribution in [2.45, 2.75) is 20.3 Å². The summed E-state index contributed by atoms with van der Waals surface area (Å²) in [4.78, 5) is 6.10. The maximum absolute atomic E-state index is 6.33. The van der Waals surface area contributed by atoms with Crippen LogP contribution in [-0.4, -0.2) is 36.1 Å². The highest BCUT2D eigenvalue weighted by Gasteiger charge is 2.22. The molecule has 4 rings (SSSR count). The highest BCUT2D eigenvalue weighted by atomic mass is 35.5. The molecule has 146 valence electrons. The second kappa shape index (κ2) is 7.98. The zero-order chi connectivity index (χ0) is 19.7. The smallest absolute Gasteiger partial charge is 0.240 e. The normalized spacial score (nSPS) is 11.9. The molecular weight excluding hydrogens is 368 g/mol. The number of aromatic nitrogens is 2. The van der Waals surface area contributed by atoms with E-state index in [1.165, 1.54) is 16.3 Å². The summed E-state index contributed by atoms with van der Waals surface area (Å²) < 4.78 is 2.25. The number of nitrogens with zero attached hydrogens (tertiary/aromatic N) is 2. The molecule has 0 spiro atoms. The summed E-state index contributed by atoms with van der Waals surface area (Å²) in [7, 11) is 2.12. The number of anilines is 1. The zero-order valence-electron chi connectivity index (χ0n) is 16.8. The molecule has 0 atom stereocenters. The quantitative estimate of drug-likeness (QED) is 0.337. The van der Waals surface area contributed by atoms with E-state index in [9.17, 15) is 0 Å². The Kier molecular flexibility index (Phi) is 5.42. The number of hydrogen-bond acceptors (Lipinski definition) is 2. The molecule has 0 aliphatic carbocycles. The van der Waals surface area contributed by atoms with Crippen molar-refractivity contribution in [3.63, 3.8) is 0 Å². The highest BCUT2D eigenvalue weighted by molar-refractivity contribution is 6.31. The number of halogens is 1. The Hall–Kier alpha value is -2.30. The maximum Gasteiger partial charge on any atom is 0.240 e. The number of benzene rings is 2. The summed E-state index contributed by atoms with van der Waals surface area (Å²) in [5.74, 6) is 0. The summed E-state index contributed by atoms with van der Waals surface area (Å²) in [5.41, 5.74) is 5.81. The topological polar surface area (TPSA) is 34.9 Å². The number of rotatable bonds is 7. The molecule has 0 bridgehead atoms. The van der Waals surface area contributed by atoms with Gasteiger partial charge in [0.2, 0.25) is 11.0 Å². The van der Waals surface area contributed by atoms with Crippen molar-refractivity contribution >= 4 is 50.1 Å². The Morgan fingerprint density at radius 3 is 2.64 bits per heavy atom. The molecule has 2 heterocycles. The van der Waals surface area contributed by atoms with E-state index in [0.717, 1.165) is 59.9 Å². The zero-order valence-corrected chi connectivity index (χ0v) is 17.6. The molecule has 2 aromatic carbocycles. The molecule has 4 nitrogen and oxygen atoms in total. The minimum atomic E-state index is 0.759. The first-order valence-electron chi connectivity index (χ1n) is 10.1. The number of para-hydroxylation sites is 1. The van der Waals surface area contributed by atoms with E-state index in [0.29, 0.717) is 0 Å². The first-order valence-corrected chi connectivity index (χ1v) is 10.5. The van der Waals surface area contributed by atoms with Gasteiger partial charge in [-0.1, -0.05) is 37.6 Å². The van der Waals surface area contributed by atoms with Crippen LogP contribution in [0.2, 0.25) is 5.02 Å². The lowest BCUT2D eigenvalue weighted by molar-refractivity contribution is -0.616. The van der Waals surface area contributed by atoms with E-state index in [2.05, 4.69) is 77.1 Å². The van der Waals surface area contributed by atoms with Crippen molar-refractivity contribution in [3.8, 4) is 0 Å². The van der Waals surface area contributed by atoms with E-state index >= 15 is 0 Å². The first-order chi connectivity index (χ1) is 13.6. The maximum atomic E-state index is 6.33. The number of nitrogens with one attached hydrogen (secondary N) is 2. The molecule has 0 aliphatic heterocycles. The molecule has 0 aliphatic rings. The molecule has 0 radical (unpaired) electrons. The summed E-state index contributed by atoms with van der Waals surface area (Å²) in [6.07, 6.45) is 1.11. The fraction of sp³-hybridized carbons (Fsp3) is 0.348. The van der Waals surface area contributed by atoms with E-state index in [4.69, 9.17) is 11.6 Å². The van der Waals surface area contributed by atoms with Crippen LogP contribution >= 0.6 is 11.6 Å². The Bertz CT molecular complexity index is 1130. The third-order valence-electron chi connectivity index (χ3n) is 5.70. The van der Waals surface area contributed by atoms with Crippen LogP contribution in [0.15, 0.2) is 42.5 Å². The average Bonchev–Trinajstić information content (AvgIpc) is 3.10. The van der Waals surface area contributed by atoms with Gasteiger partial charge in [0.1, 0.15) is 12.6 Å². The minimum Gasteiger partial charge on any atom is -0.382 e. The van der Waals surface area contributed by atoms with E-state index in [1.54, 1.807) is 0 Å². The van der Waals surface area contributed by atoms with Gasteiger partial charge in [0.15, 0.2) is 0 Å². The Balaban J connectivity index is 1.81. The van der Waals surface area contributed by atoms with Gasteiger partial charge in [-0.15, -0.1) is 0 Å². The molecule has 0 saturated heterocycles. The minimum absolute atomic E-state index is 0.759. The molecule has 5 heteroatoms. The van der Waals surface area contributed by atoms with Crippen LogP contribution in [0.5, 0.6) is 0 Å². The molecule has 2 N–H and O–H groups in total. The monoisotopic (exact) mass is 395 g/mol. The number of aryl methyl sites for hydroxylation is 1. The Labute approximate surface area is 171 Å². The van der Waals surface area contributed by atoms with Gasteiger partial charge in [0, 0.05) is 17.6 Å². The summed E-state index contributed by atoms with van der Waals surface area (Å²) in [6, 6.07) is 14.6. The highest BCUT2D eigenvalue weighted by Crippen LogP contribution is 2.34. The van der Waals surface area contributed by atoms with Crippen molar-refractivity contribution in [2.24, 2.45) is 7.05 Å². The van der Waals surface area contributed by atoms with Crippen molar-refractivity contribution in [1.82, 2.24) is 9.88 Å². The van der Waals surface area contributed by atoms with Gasteiger partial charge < -0.3 is 15.2 Å². The van der Waals surface area contributed by atoms with E-state index in [1.807, 2.05) is 6.07 Å². The molecule has 28 heavy (non-hydrogen) atoms. The third-order valence-corrected chi connectivity index (χ3v) is 5.94. The van der Waals surface area contributed by atoms with Crippen molar-refractivity contribution < 1.29 is 4.57 Å². The standard InChI is InChI=1S/C23H27ClN4/c1-4-28(5-2)14-8-13-25-21-18-12-11-16(24)15-20(18)27(3)23-17-9-6-7-10-19(17)26-22(21)23/h6-7,9-12,15H,4-5,8,13-14H2,1-3H3,(H,25,26)/p+1. The largest absolute Gasteiger partial charge is 0.382 e. The van der Waals surface area contributed by atoms with Gasteiger partial charge in [0.25, 0.3) is 0 Å². The predicted octanol–water partition coefficient (Wildman–Crippen LogP) is 5.10. The van der Waals surface area contributed by atoms with Crippen molar-refractivity contribution in [2.75, 3.05) is 31.5 Å². The molecular formula is C23H28ClN4+. The van der Waals surface area contributed by atoms with Crippen LogP contribution in [0.25, 0.3) is 32.8 Å². The van der Waals surface area contributed by atoms with Gasteiger partial charge >= 0.3 is 0 Å². The summed E-state index contributed by atoms with van der Waals surface area (Å²) >= 11 is 6.33. The first kappa shape index (κ1) is 19.0. The molecule has 2 aromatic heterocycles. The van der Waals surface area contributed by atoms with Crippen LogP contribution in [-0.2, 0) is 7.05 Å². The van der Waals surface area contributed by atoms with Crippen LogP contribution in [0.4, 0.5) is 5.69 Å². The van der Waals surface area contributed by atoms with Crippen molar-refractivity contribution in [3.05, 3.63) is 47.5 Å². The summed E-state index contributed by atoms with van der Waals surface area (Å²) in [6.45, 7) is 8.70. The van der Waals surface area contributed by atoms with Crippen LogP contribution < -0.4 is 9.88 Å². The number of H-pyrrole nitrogens is 1. The average molecular weight is 396 g/mol. The molecule has 0 unspecified atom stereocenters. The lowest BCUT2D eigenvalue weighted by Crippen LogP contribution is -2.30. The van der Waals surface area contributed by atoms with Gasteiger partial charge in [-0.25, -0.2) is 0 Å². The summed E-state index contributed by atoms with van der Waals surface area (Å²) in [5, 5.41) is 6.90. The number of hydrogen-bond donors (Lipinski definition) is 2. The molecule has 4 aromatic rings. The fourth-order valence-electron chi connectivity index (χ4n) is 4.14. The second-order valence-corrected chi connectivity index (χ2v) is 7.73. The molecule has 0 saturated carbocycles.